The molecule has 0 aromatic carbocycles. The SMILES string of the molecule is O=C(Cn1cccc2c(=O)n(Cc3cccnc3)c(=O)nc1-2)NC1CCCCC1. The molecule has 0 atom stereocenters. The molecule has 2 aliphatic heterocycles. The fourth-order valence-corrected chi connectivity index (χ4v) is 3.83. The molecule has 0 unspecified atom stereocenters. The van der Waals surface area contributed by atoms with E-state index in [9.17, 15) is 14.4 Å². The summed E-state index contributed by atoms with van der Waals surface area (Å²) >= 11 is 0. The van der Waals surface area contributed by atoms with Gasteiger partial charge in [0.15, 0.2) is 5.82 Å². The molecule has 1 aliphatic carbocycles. The Kier molecular flexibility index (Phi) is 5.50. The Morgan fingerprint density at radius 2 is 1.97 bits per heavy atom. The Balaban J connectivity index is 1.60. The number of carbonyl (C=O) groups excluding carboxylic acids is 1. The van der Waals surface area contributed by atoms with Crippen LogP contribution in [0.5, 0.6) is 0 Å². The summed E-state index contributed by atoms with van der Waals surface area (Å²) in [6, 6.07) is 7.06. The lowest BCUT2D eigenvalue weighted by molar-refractivity contribution is -0.122. The predicted molar refractivity (Wildman–Crippen MR) is 108 cm³/mol. The minimum absolute atomic E-state index is 0.0202. The summed E-state index contributed by atoms with van der Waals surface area (Å²) in [4.78, 5) is 46.0. The van der Waals surface area contributed by atoms with Gasteiger partial charge in [-0.15, -0.1) is 0 Å². The van der Waals surface area contributed by atoms with Gasteiger partial charge in [0.1, 0.15) is 6.54 Å². The average molecular weight is 393 g/mol. The maximum absolute atomic E-state index is 12.9. The van der Waals surface area contributed by atoms with Crippen LogP contribution < -0.4 is 16.6 Å². The zero-order valence-corrected chi connectivity index (χ0v) is 16.1. The highest BCUT2D eigenvalue weighted by Gasteiger charge is 2.20. The molecular weight excluding hydrogens is 370 g/mol. The second kappa shape index (κ2) is 8.38. The zero-order valence-electron chi connectivity index (χ0n) is 16.1. The van der Waals surface area contributed by atoms with E-state index in [1.165, 1.54) is 6.42 Å². The molecule has 8 heteroatoms. The van der Waals surface area contributed by atoms with E-state index in [1.54, 1.807) is 47.4 Å². The van der Waals surface area contributed by atoms with Gasteiger partial charge in [0, 0.05) is 24.6 Å². The Morgan fingerprint density at radius 3 is 2.72 bits per heavy atom. The fraction of sp³-hybridized carbons (Fsp3) is 0.381. The van der Waals surface area contributed by atoms with Crippen molar-refractivity contribution in [2.75, 3.05) is 0 Å². The van der Waals surface area contributed by atoms with Crippen molar-refractivity contribution < 1.29 is 4.79 Å². The van der Waals surface area contributed by atoms with Crippen LogP contribution in [-0.4, -0.2) is 31.1 Å². The van der Waals surface area contributed by atoms with Gasteiger partial charge in [-0.2, -0.15) is 4.98 Å². The molecular formula is C21H23N5O3. The number of amides is 1. The number of nitrogens with one attached hydrogen (secondary N) is 1. The quantitative estimate of drug-likeness (QED) is 0.706. The number of hydrogen-bond donors (Lipinski definition) is 1. The second-order valence-electron chi connectivity index (χ2n) is 7.42. The van der Waals surface area contributed by atoms with E-state index in [4.69, 9.17) is 0 Å². The van der Waals surface area contributed by atoms with Crippen LogP contribution >= 0.6 is 0 Å². The van der Waals surface area contributed by atoms with E-state index < -0.39 is 11.2 Å². The van der Waals surface area contributed by atoms with Gasteiger partial charge in [0.25, 0.3) is 5.56 Å². The van der Waals surface area contributed by atoms with Crippen molar-refractivity contribution in [3.8, 4) is 11.4 Å². The van der Waals surface area contributed by atoms with Crippen LogP contribution in [0.1, 0.15) is 37.7 Å². The number of aromatic nitrogens is 4. The molecule has 1 saturated carbocycles. The number of fused-ring (bicyclic) bond motifs is 1. The second-order valence-corrected chi connectivity index (χ2v) is 7.42. The van der Waals surface area contributed by atoms with Gasteiger partial charge >= 0.3 is 5.69 Å². The summed E-state index contributed by atoms with van der Waals surface area (Å²) in [5, 5.41) is 3.05. The third-order valence-electron chi connectivity index (χ3n) is 5.30. The summed E-state index contributed by atoms with van der Waals surface area (Å²) in [6.07, 6.45) is 10.4. The molecule has 1 aromatic heterocycles. The number of nitrogens with zero attached hydrogens (tertiary/aromatic N) is 4. The van der Waals surface area contributed by atoms with Crippen molar-refractivity contribution in [1.29, 1.82) is 0 Å². The van der Waals surface area contributed by atoms with Crippen LogP contribution in [0.15, 0.2) is 52.4 Å². The predicted octanol–water partition coefficient (Wildman–Crippen LogP) is 1.40. The van der Waals surface area contributed by atoms with Crippen molar-refractivity contribution in [2.24, 2.45) is 0 Å². The van der Waals surface area contributed by atoms with Crippen molar-refractivity contribution in [1.82, 2.24) is 24.4 Å². The summed E-state index contributed by atoms with van der Waals surface area (Å²) in [5.41, 5.74) is -0.0187. The molecule has 3 heterocycles. The number of hydrogen-bond acceptors (Lipinski definition) is 5. The Bertz CT molecular complexity index is 1080. The van der Waals surface area contributed by atoms with Gasteiger partial charge in [-0.25, -0.2) is 4.79 Å². The highest BCUT2D eigenvalue weighted by atomic mass is 16.2. The maximum Gasteiger partial charge on any atom is 0.352 e. The monoisotopic (exact) mass is 393 g/mol. The van der Waals surface area contributed by atoms with Gasteiger partial charge in [0.05, 0.1) is 12.1 Å². The number of carbonyl (C=O) groups is 1. The van der Waals surface area contributed by atoms with Gasteiger partial charge in [0.2, 0.25) is 5.91 Å². The van der Waals surface area contributed by atoms with Crippen molar-refractivity contribution >= 4 is 5.91 Å². The first kappa shape index (κ1) is 19.0. The van der Waals surface area contributed by atoms with Crippen LogP contribution in [0, 0.1) is 0 Å². The van der Waals surface area contributed by atoms with Crippen LogP contribution in [0.3, 0.4) is 0 Å². The first-order chi connectivity index (χ1) is 14.1. The molecule has 1 amide bonds. The van der Waals surface area contributed by atoms with Crippen LogP contribution in [-0.2, 0) is 17.9 Å². The molecule has 3 aliphatic rings. The first-order valence-electron chi connectivity index (χ1n) is 9.90. The molecule has 4 rings (SSSR count). The van der Waals surface area contributed by atoms with Gasteiger partial charge in [-0.05, 0) is 36.6 Å². The lowest BCUT2D eigenvalue weighted by Crippen LogP contribution is -2.40. The van der Waals surface area contributed by atoms with Crippen molar-refractivity contribution in [3.63, 3.8) is 0 Å². The largest absolute Gasteiger partial charge is 0.352 e. The van der Waals surface area contributed by atoms with Gasteiger partial charge in [-0.1, -0.05) is 25.3 Å². The smallest absolute Gasteiger partial charge is 0.352 e. The Morgan fingerprint density at radius 1 is 1.14 bits per heavy atom. The van der Waals surface area contributed by atoms with Crippen molar-refractivity contribution in [3.05, 3.63) is 69.3 Å². The summed E-state index contributed by atoms with van der Waals surface area (Å²) in [6.45, 7) is 0.123. The maximum atomic E-state index is 12.9. The molecule has 8 nitrogen and oxygen atoms in total. The fourth-order valence-electron chi connectivity index (χ4n) is 3.83. The van der Waals surface area contributed by atoms with E-state index in [0.29, 0.717) is 5.56 Å². The highest BCUT2D eigenvalue weighted by molar-refractivity contribution is 5.76. The number of pyridine rings is 2. The molecule has 0 bridgehead atoms. The molecule has 0 radical (unpaired) electrons. The number of rotatable bonds is 5. The Labute approximate surface area is 167 Å². The zero-order chi connectivity index (χ0) is 20.2. The molecule has 29 heavy (non-hydrogen) atoms. The van der Waals surface area contributed by atoms with E-state index in [1.807, 2.05) is 0 Å². The molecule has 0 spiro atoms. The van der Waals surface area contributed by atoms with Gasteiger partial charge in [-0.3, -0.25) is 19.1 Å². The molecule has 150 valence electrons. The lowest BCUT2D eigenvalue weighted by Gasteiger charge is -2.23. The molecule has 1 N–H and O–H groups in total. The minimum Gasteiger partial charge on any atom is -0.352 e. The van der Waals surface area contributed by atoms with E-state index >= 15 is 0 Å². The molecule has 1 fully saturated rings. The van der Waals surface area contributed by atoms with Gasteiger partial charge < -0.3 is 9.88 Å². The average Bonchev–Trinajstić information content (AvgIpc) is 2.73. The first-order valence-corrected chi connectivity index (χ1v) is 9.90. The van der Waals surface area contributed by atoms with Crippen LogP contribution in [0.4, 0.5) is 0 Å². The lowest BCUT2D eigenvalue weighted by atomic mass is 9.95. The van der Waals surface area contributed by atoms with Crippen LogP contribution in [0.2, 0.25) is 0 Å². The van der Waals surface area contributed by atoms with Crippen LogP contribution in [0.25, 0.3) is 11.4 Å². The molecule has 1 aromatic rings. The normalized spacial score (nSPS) is 14.8. The summed E-state index contributed by atoms with van der Waals surface area (Å²) in [5.74, 6) is 0.0897. The van der Waals surface area contributed by atoms with E-state index in [-0.39, 0.29) is 30.9 Å². The summed E-state index contributed by atoms with van der Waals surface area (Å²) in [7, 11) is 0. The minimum atomic E-state index is -0.640. The summed E-state index contributed by atoms with van der Waals surface area (Å²) < 4.78 is 2.65. The standard InChI is InChI=1S/C21H23N5O3/c27-18(23-16-7-2-1-3-8-16)14-25-11-5-9-17-19(25)24-21(29)26(20(17)28)13-15-6-4-10-22-12-15/h4-6,9-12,16H,1-3,7-8,13-14H2,(H,23,27). The van der Waals surface area contributed by atoms with E-state index in [2.05, 4.69) is 15.3 Å². The third-order valence-corrected chi connectivity index (χ3v) is 5.30. The molecule has 0 saturated heterocycles. The highest BCUT2D eigenvalue weighted by Crippen LogP contribution is 2.18. The van der Waals surface area contributed by atoms with Crippen molar-refractivity contribution in [2.45, 2.75) is 51.2 Å². The topological polar surface area (TPSA) is 98.9 Å². The van der Waals surface area contributed by atoms with E-state index in [0.717, 1.165) is 35.8 Å². The third kappa shape index (κ3) is 4.26. The Hall–Kier alpha value is -3.29.